The third-order valence-electron chi connectivity index (χ3n) is 3.52. The van der Waals surface area contributed by atoms with Gasteiger partial charge in [-0.05, 0) is 30.2 Å². The molecule has 0 amide bonds. The predicted molar refractivity (Wildman–Crippen MR) is 79.1 cm³/mol. The lowest BCUT2D eigenvalue weighted by molar-refractivity contribution is -0.00000470. The zero-order valence-corrected chi connectivity index (χ0v) is 12.8. The average molecular weight is 305 g/mol. The van der Waals surface area contributed by atoms with Crippen LogP contribution in [0.4, 0.5) is 0 Å². The van der Waals surface area contributed by atoms with E-state index < -0.39 is 0 Å². The van der Waals surface area contributed by atoms with E-state index in [0.29, 0.717) is 19.3 Å². The van der Waals surface area contributed by atoms with Crippen molar-refractivity contribution in [2.45, 2.75) is 19.5 Å². The summed E-state index contributed by atoms with van der Waals surface area (Å²) in [5.74, 6) is 1.69. The first kappa shape index (κ1) is 15.7. The summed E-state index contributed by atoms with van der Waals surface area (Å²) >= 11 is 0. The van der Waals surface area contributed by atoms with Gasteiger partial charge in [0.1, 0.15) is 13.2 Å². The Morgan fingerprint density at radius 2 is 1.71 bits per heavy atom. The number of hydrogen-bond acceptors (Lipinski definition) is 3. The Hall–Kier alpha value is -1.71. The highest BCUT2D eigenvalue weighted by Crippen LogP contribution is 2.30. The second kappa shape index (κ2) is 7.34. The van der Waals surface area contributed by atoms with Crippen LogP contribution in [0.3, 0.4) is 0 Å². The van der Waals surface area contributed by atoms with Crippen molar-refractivity contribution >= 4 is 0 Å². The van der Waals surface area contributed by atoms with Gasteiger partial charge in [0.05, 0.1) is 0 Å². The van der Waals surface area contributed by atoms with E-state index in [-0.39, 0.29) is 12.4 Å². The maximum absolute atomic E-state index is 5.60. The number of ether oxygens (including phenoxy) is 2. The van der Waals surface area contributed by atoms with E-state index in [0.717, 1.165) is 18.0 Å². The first-order valence-corrected chi connectivity index (χ1v) is 7.00. The Kier molecular flexibility index (Phi) is 5.48. The smallest absolute Gasteiger partial charge is 0.161 e. The summed E-state index contributed by atoms with van der Waals surface area (Å²) in [6.45, 7) is 4.25. The third-order valence-corrected chi connectivity index (χ3v) is 3.52. The summed E-state index contributed by atoms with van der Waals surface area (Å²) in [6, 6.07) is 16.9. The number of rotatable bonds is 4. The molecule has 1 heterocycles. The molecule has 0 fully saturated rings. The van der Waals surface area contributed by atoms with Crippen LogP contribution in [0.5, 0.6) is 11.5 Å². The molecule has 1 unspecified atom stereocenters. The molecule has 2 aromatic rings. The fourth-order valence-corrected chi connectivity index (χ4v) is 2.33. The normalized spacial score (nSPS) is 14.1. The van der Waals surface area contributed by atoms with Crippen LogP contribution in [0, 0.1) is 0 Å². The molecule has 0 bridgehead atoms. The maximum atomic E-state index is 5.60. The van der Waals surface area contributed by atoms with Crippen molar-refractivity contribution in [2.24, 2.45) is 0 Å². The summed E-state index contributed by atoms with van der Waals surface area (Å²) < 4.78 is 11.1. The Balaban J connectivity index is 0.00000161. The lowest BCUT2D eigenvalue weighted by atomic mass is 10.1. The van der Waals surface area contributed by atoms with Crippen molar-refractivity contribution in [1.82, 2.24) is 5.32 Å². The van der Waals surface area contributed by atoms with E-state index in [1.54, 1.807) is 0 Å². The molecule has 1 N–H and O–H groups in total. The Morgan fingerprint density at radius 1 is 1.00 bits per heavy atom. The molecule has 0 spiro atoms. The van der Waals surface area contributed by atoms with Gasteiger partial charge in [0, 0.05) is 12.6 Å². The molecule has 4 heteroatoms. The minimum Gasteiger partial charge on any atom is -1.00 e. The standard InChI is InChI=1S/C17H19NO2.ClH/c1-13(15-5-3-2-4-6-15)18-12-14-7-8-16-17(11-14)20-10-9-19-16;/h2-8,11,13,18H,9-10,12H2,1H3;1H/p-1. The van der Waals surface area contributed by atoms with Crippen molar-refractivity contribution < 1.29 is 21.9 Å². The van der Waals surface area contributed by atoms with Gasteiger partial charge < -0.3 is 27.2 Å². The summed E-state index contributed by atoms with van der Waals surface area (Å²) in [5, 5.41) is 3.53. The molecule has 0 aliphatic carbocycles. The van der Waals surface area contributed by atoms with Gasteiger partial charge in [-0.25, -0.2) is 0 Å². The molecule has 3 nitrogen and oxygen atoms in total. The van der Waals surface area contributed by atoms with Crippen LogP contribution in [0.1, 0.15) is 24.1 Å². The number of hydrogen-bond donors (Lipinski definition) is 1. The van der Waals surface area contributed by atoms with Crippen LogP contribution in [0.2, 0.25) is 0 Å². The second-order valence-electron chi connectivity index (χ2n) is 4.99. The average Bonchev–Trinajstić information content (AvgIpc) is 2.53. The van der Waals surface area contributed by atoms with Crippen LogP contribution >= 0.6 is 0 Å². The second-order valence-corrected chi connectivity index (χ2v) is 4.99. The summed E-state index contributed by atoms with van der Waals surface area (Å²) in [6.07, 6.45) is 0. The lowest BCUT2D eigenvalue weighted by Gasteiger charge is -2.19. The molecule has 2 aromatic carbocycles. The highest BCUT2D eigenvalue weighted by atomic mass is 35.5. The van der Waals surface area contributed by atoms with Gasteiger partial charge in [0.2, 0.25) is 0 Å². The van der Waals surface area contributed by atoms with Crippen molar-refractivity contribution in [1.29, 1.82) is 0 Å². The molecule has 112 valence electrons. The summed E-state index contributed by atoms with van der Waals surface area (Å²) in [4.78, 5) is 0. The van der Waals surface area contributed by atoms with E-state index in [1.165, 1.54) is 11.1 Å². The molecule has 21 heavy (non-hydrogen) atoms. The SMILES string of the molecule is CC(NCc1ccc2c(c1)OCCO2)c1ccccc1.[Cl-]. The van der Waals surface area contributed by atoms with E-state index >= 15 is 0 Å². The van der Waals surface area contributed by atoms with Crippen molar-refractivity contribution in [3.63, 3.8) is 0 Å². The lowest BCUT2D eigenvalue weighted by Crippen LogP contribution is -3.00. The number of halogens is 1. The molecule has 3 rings (SSSR count). The fourth-order valence-electron chi connectivity index (χ4n) is 2.33. The Morgan fingerprint density at radius 3 is 2.48 bits per heavy atom. The number of fused-ring (bicyclic) bond motifs is 1. The molecule has 0 radical (unpaired) electrons. The summed E-state index contributed by atoms with van der Waals surface area (Å²) in [5.41, 5.74) is 2.50. The van der Waals surface area contributed by atoms with Crippen molar-refractivity contribution in [3.8, 4) is 11.5 Å². The number of benzene rings is 2. The van der Waals surface area contributed by atoms with Gasteiger partial charge >= 0.3 is 0 Å². The quantitative estimate of drug-likeness (QED) is 0.882. The van der Waals surface area contributed by atoms with Gasteiger partial charge in [0.15, 0.2) is 11.5 Å². The van der Waals surface area contributed by atoms with Crippen LogP contribution in [0.25, 0.3) is 0 Å². The van der Waals surface area contributed by atoms with Gasteiger partial charge in [-0.15, -0.1) is 0 Å². The monoisotopic (exact) mass is 304 g/mol. The highest BCUT2D eigenvalue weighted by Gasteiger charge is 2.12. The van der Waals surface area contributed by atoms with Crippen LogP contribution in [-0.4, -0.2) is 13.2 Å². The maximum Gasteiger partial charge on any atom is 0.161 e. The topological polar surface area (TPSA) is 30.5 Å². The molecule has 0 saturated heterocycles. The van der Waals surface area contributed by atoms with E-state index in [4.69, 9.17) is 9.47 Å². The Labute approximate surface area is 131 Å². The minimum absolute atomic E-state index is 0. The molecule has 0 saturated carbocycles. The van der Waals surface area contributed by atoms with Gasteiger partial charge in [-0.2, -0.15) is 0 Å². The zero-order chi connectivity index (χ0) is 13.8. The van der Waals surface area contributed by atoms with E-state index in [2.05, 4.69) is 48.6 Å². The minimum atomic E-state index is 0. The zero-order valence-electron chi connectivity index (χ0n) is 12.0. The van der Waals surface area contributed by atoms with Crippen LogP contribution in [0.15, 0.2) is 48.5 Å². The van der Waals surface area contributed by atoms with Gasteiger partial charge in [0.25, 0.3) is 0 Å². The fraction of sp³-hybridized carbons (Fsp3) is 0.294. The molecular formula is C17H19ClNO2-. The van der Waals surface area contributed by atoms with E-state index in [9.17, 15) is 0 Å². The molecule has 1 aliphatic heterocycles. The van der Waals surface area contributed by atoms with Crippen LogP contribution in [-0.2, 0) is 6.54 Å². The van der Waals surface area contributed by atoms with E-state index in [1.807, 2.05) is 12.1 Å². The Bertz CT molecular complexity index is 574. The van der Waals surface area contributed by atoms with Crippen molar-refractivity contribution in [2.75, 3.05) is 13.2 Å². The highest BCUT2D eigenvalue weighted by molar-refractivity contribution is 5.43. The molecule has 1 atom stereocenters. The third kappa shape index (κ3) is 3.90. The van der Waals surface area contributed by atoms with Gasteiger partial charge in [-0.1, -0.05) is 36.4 Å². The first-order chi connectivity index (χ1) is 9.83. The molecule has 0 aromatic heterocycles. The molecular weight excluding hydrogens is 286 g/mol. The predicted octanol–water partition coefficient (Wildman–Crippen LogP) is 0.313. The number of nitrogens with one attached hydrogen (secondary N) is 1. The first-order valence-electron chi connectivity index (χ1n) is 7.00. The molecule has 1 aliphatic rings. The van der Waals surface area contributed by atoms with Crippen molar-refractivity contribution in [3.05, 3.63) is 59.7 Å². The largest absolute Gasteiger partial charge is 1.00 e. The summed E-state index contributed by atoms with van der Waals surface area (Å²) in [7, 11) is 0. The van der Waals surface area contributed by atoms with Gasteiger partial charge in [-0.3, -0.25) is 0 Å². The van der Waals surface area contributed by atoms with Crippen LogP contribution < -0.4 is 27.2 Å².